The van der Waals surface area contributed by atoms with E-state index < -0.39 is 11.6 Å². The van der Waals surface area contributed by atoms with Gasteiger partial charge in [-0.15, -0.1) is 0 Å². The molecule has 0 bridgehead atoms. The Morgan fingerprint density at radius 3 is 2.76 bits per heavy atom. The van der Waals surface area contributed by atoms with Crippen LogP contribution in [0.1, 0.15) is 5.56 Å². The van der Waals surface area contributed by atoms with Gasteiger partial charge < -0.3 is 5.32 Å². The van der Waals surface area contributed by atoms with Gasteiger partial charge in [-0.1, -0.05) is 6.07 Å². The predicted molar refractivity (Wildman–Crippen MR) is 64.1 cm³/mol. The van der Waals surface area contributed by atoms with Crippen molar-refractivity contribution in [2.24, 2.45) is 0 Å². The lowest BCUT2D eigenvalue weighted by atomic mass is 10.2. The quantitative estimate of drug-likeness (QED) is 0.921. The number of hydrogen-bond acceptors (Lipinski definition) is 3. The third-order valence-corrected chi connectivity index (χ3v) is 2.78. The van der Waals surface area contributed by atoms with E-state index in [0.717, 1.165) is 0 Å². The second-order valence-corrected chi connectivity index (χ2v) is 4.25. The summed E-state index contributed by atoms with van der Waals surface area (Å²) in [5.74, 6) is -0.988. The smallest absolute Gasteiger partial charge is 0.152 e. The van der Waals surface area contributed by atoms with Crippen LogP contribution in [0.25, 0.3) is 0 Å². The highest BCUT2D eigenvalue weighted by Gasteiger charge is 2.13. The van der Waals surface area contributed by atoms with E-state index in [1.807, 2.05) is 0 Å². The van der Waals surface area contributed by atoms with E-state index in [9.17, 15) is 8.78 Å². The first-order valence-corrected chi connectivity index (χ1v) is 5.56. The lowest BCUT2D eigenvalue weighted by Crippen LogP contribution is -2.01. The Balaban J connectivity index is 2.43. The molecule has 0 saturated heterocycles. The zero-order valence-corrected chi connectivity index (χ0v) is 10.4. The van der Waals surface area contributed by atoms with Crippen molar-refractivity contribution >= 4 is 27.4 Å². The van der Waals surface area contributed by atoms with Gasteiger partial charge in [0.15, 0.2) is 5.82 Å². The van der Waals surface area contributed by atoms with Crippen LogP contribution in [0.2, 0.25) is 0 Å². The van der Waals surface area contributed by atoms with E-state index in [-0.39, 0.29) is 5.69 Å². The molecule has 0 fully saturated rings. The average molecular weight is 300 g/mol. The van der Waals surface area contributed by atoms with Crippen LogP contribution in [0.5, 0.6) is 0 Å². The summed E-state index contributed by atoms with van der Waals surface area (Å²) in [4.78, 5) is 7.65. The lowest BCUT2D eigenvalue weighted by molar-refractivity contribution is 0.584. The van der Waals surface area contributed by atoms with Crippen molar-refractivity contribution in [1.29, 1.82) is 0 Å². The number of rotatable bonds is 2. The Bertz CT molecular complexity index is 560. The molecule has 0 atom stereocenters. The summed E-state index contributed by atoms with van der Waals surface area (Å²) in [7, 11) is 0. The molecule has 0 spiro atoms. The van der Waals surface area contributed by atoms with Crippen LogP contribution in [0.3, 0.4) is 0 Å². The van der Waals surface area contributed by atoms with E-state index in [0.29, 0.717) is 15.9 Å². The highest BCUT2D eigenvalue weighted by atomic mass is 79.9. The number of anilines is 2. The van der Waals surface area contributed by atoms with Crippen LogP contribution >= 0.6 is 15.9 Å². The Morgan fingerprint density at radius 1 is 1.29 bits per heavy atom. The minimum atomic E-state index is -0.668. The van der Waals surface area contributed by atoms with Crippen molar-refractivity contribution < 1.29 is 8.78 Å². The van der Waals surface area contributed by atoms with Crippen molar-refractivity contribution in [3.8, 4) is 0 Å². The number of aromatic nitrogens is 2. The van der Waals surface area contributed by atoms with Crippen LogP contribution in [0, 0.1) is 18.6 Å². The molecule has 0 aliphatic carbocycles. The van der Waals surface area contributed by atoms with Gasteiger partial charge in [-0.05, 0) is 34.5 Å². The molecule has 2 rings (SSSR count). The fourth-order valence-electron chi connectivity index (χ4n) is 1.29. The normalized spacial score (nSPS) is 10.4. The summed E-state index contributed by atoms with van der Waals surface area (Å²) in [5.41, 5.74) is 0.142. The van der Waals surface area contributed by atoms with Crippen molar-refractivity contribution in [2.75, 3.05) is 5.32 Å². The van der Waals surface area contributed by atoms with Crippen LogP contribution in [0.4, 0.5) is 20.3 Å². The van der Waals surface area contributed by atoms with Gasteiger partial charge in [-0.3, -0.25) is 0 Å². The molecule has 6 heteroatoms. The molecule has 0 unspecified atom stereocenters. The zero-order chi connectivity index (χ0) is 12.4. The van der Waals surface area contributed by atoms with E-state index >= 15 is 0 Å². The van der Waals surface area contributed by atoms with Gasteiger partial charge >= 0.3 is 0 Å². The molecule has 0 aliphatic rings. The van der Waals surface area contributed by atoms with Gasteiger partial charge in [0, 0.05) is 6.20 Å². The molecule has 0 amide bonds. The number of benzene rings is 1. The standard InChI is InChI=1S/C11H8BrF2N3/c1-6-2-3-8(13)10(9(6)14)17-11-7(12)4-15-5-16-11/h2-5H,1H3,(H,15,16,17). The number of nitrogens with zero attached hydrogens (tertiary/aromatic N) is 2. The molecule has 1 N–H and O–H groups in total. The van der Waals surface area contributed by atoms with Gasteiger partial charge in [0.1, 0.15) is 23.6 Å². The molecule has 1 aromatic carbocycles. The van der Waals surface area contributed by atoms with Gasteiger partial charge in [0.25, 0.3) is 0 Å². The molecule has 0 saturated carbocycles. The minimum absolute atomic E-state index is 0.218. The van der Waals surface area contributed by atoms with Crippen LogP contribution in [0.15, 0.2) is 29.1 Å². The first kappa shape index (κ1) is 11.9. The molecule has 88 valence electrons. The molecule has 3 nitrogen and oxygen atoms in total. The maximum atomic E-state index is 13.7. The van der Waals surface area contributed by atoms with Crippen molar-refractivity contribution in [1.82, 2.24) is 9.97 Å². The van der Waals surface area contributed by atoms with Gasteiger partial charge in [0.05, 0.1) is 4.47 Å². The largest absolute Gasteiger partial charge is 0.334 e. The monoisotopic (exact) mass is 299 g/mol. The second-order valence-electron chi connectivity index (χ2n) is 3.40. The summed E-state index contributed by atoms with van der Waals surface area (Å²) in [6, 6.07) is 2.58. The third kappa shape index (κ3) is 2.41. The van der Waals surface area contributed by atoms with Gasteiger partial charge in [0.2, 0.25) is 0 Å². The highest BCUT2D eigenvalue weighted by molar-refractivity contribution is 9.10. The molecule has 2 aromatic rings. The topological polar surface area (TPSA) is 37.8 Å². The highest BCUT2D eigenvalue weighted by Crippen LogP contribution is 2.27. The zero-order valence-electron chi connectivity index (χ0n) is 8.84. The summed E-state index contributed by atoms with van der Waals surface area (Å²) >= 11 is 3.19. The first-order chi connectivity index (χ1) is 8.09. The molecule has 1 heterocycles. The Kier molecular flexibility index (Phi) is 3.33. The maximum Gasteiger partial charge on any atom is 0.152 e. The summed E-state index contributed by atoms with van der Waals surface area (Å²) in [6.07, 6.45) is 2.78. The second kappa shape index (κ2) is 4.75. The first-order valence-electron chi connectivity index (χ1n) is 4.76. The molecule has 1 aromatic heterocycles. The molecule has 17 heavy (non-hydrogen) atoms. The van der Waals surface area contributed by atoms with Crippen LogP contribution in [-0.4, -0.2) is 9.97 Å². The SMILES string of the molecule is Cc1ccc(F)c(Nc2ncncc2Br)c1F. The number of nitrogens with one attached hydrogen (secondary N) is 1. The van der Waals surface area contributed by atoms with Crippen molar-refractivity contribution in [2.45, 2.75) is 6.92 Å². The fourth-order valence-corrected chi connectivity index (χ4v) is 1.61. The van der Waals surface area contributed by atoms with Crippen LogP contribution < -0.4 is 5.32 Å². The third-order valence-electron chi connectivity index (χ3n) is 2.20. The molecular formula is C11H8BrF2N3. The molecular weight excluding hydrogens is 292 g/mol. The predicted octanol–water partition coefficient (Wildman–Crippen LogP) is 3.57. The van der Waals surface area contributed by atoms with E-state index in [1.54, 1.807) is 6.92 Å². The maximum absolute atomic E-state index is 13.7. The fraction of sp³-hybridized carbons (Fsp3) is 0.0909. The number of hydrogen-bond donors (Lipinski definition) is 1. The summed E-state index contributed by atoms with van der Waals surface area (Å²) in [5, 5.41) is 2.60. The van der Waals surface area contributed by atoms with Crippen molar-refractivity contribution in [3.63, 3.8) is 0 Å². The Morgan fingerprint density at radius 2 is 2.06 bits per heavy atom. The number of halogens is 3. The summed E-state index contributed by atoms with van der Waals surface area (Å²) in [6.45, 7) is 1.56. The number of aryl methyl sites for hydroxylation is 1. The lowest BCUT2D eigenvalue weighted by Gasteiger charge is -2.10. The molecule has 0 radical (unpaired) electrons. The summed E-state index contributed by atoms with van der Waals surface area (Å²) < 4.78 is 27.7. The van der Waals surface area contributed by atoms with Gasteiger partial charge in [-0.2, -0.15) is 0 Å². The van der Waals surface area contributed by atoms with E-state index in [1.165, 1.54) is 24.7 Å². The van der Waals surface area contributed by atoms with E-state index in [4.69, 9.17) is 0 Å². The Labute approximate surface area is 105 Å². The Hall–Kier alpha value is -1.56. The molecule has 0 aliphatic heterocycles. The van der Waals surface area contributed by atoms with Crippen LogP contribution in [-0.2, 0) is 0 Å². The minimum Gasteiger partial charge on any atom is -0.334 e. The van der Waals surface area contributed by atoms with Crippen molar-refractivity contribution in [3.05, 3.63) is 46.3 Å². The average Bonchev–Trinajstić information content (AvgIpc) is 2.32. The van der Waals surface area contributed by atoms with E-state index in [2.05, 4.69) is 31.2 Å². The van der Waals surface area contributed by atoms with Gasteiger partial charge in [-0.25, -0.2) is 18.7 Å².